The number of nitrogens with one attached hydrogen (secondary N) is 1. The van der Waals surface area contributed by atoms with E-state index in [0.29, 0.717) is 41.8 Å². The lowest BCUT2D eigenvalue weighted by molar-refractivity contribution is -0.121. The lowest BCUT2D eigenvalue weighted by Crippen LogP contribution is -2.32. The lowest BCUT2D eigenvalue weighted by Gasteiger charge is -2.22. The van der Waals surface area contributed by atoms with Crippen molar-refractivity contribution in [3.05, 3.63) is 53.6 Å². The molecule has 0 fully saturated rings. The molecular weight excluding hydrogens is 416 g/mol. The van der Waals surface area contributed by atoms with Gasteiger partial charge in [-0.15, -0.1) is 0 Å². The van der Waals surface area contributed by atoms with E-state index in [2.05, 4.69) is 5.32 Å². The Labute approximate surface area is 176 Å². The Kier molecular flexibility index (Phi) is 8.60. The van der Waals surface area contributed by atoms with Crippen molar-refractivity contribution in [2.45, 2.75) is 12.8 Å². The highest BCUT2D eigenvalue weighted by atomic mass is 35.5. The second kappa shape index (κ2) is 10.9. The Balaban J connectivity index is 1.74. The highest BCUT2D eigenvalue weighted by Crippen LogP contribution is 2.21. The van der Waals surface area contributed by atoms with E-state index in [0.717, 1.165) is 6.26 Å². The summed E-state index contributed by atoms with van der Waals surface area (Å²) >= 11 is 5.85. The molecule has 0 atom stereocenters. The van der Waals surface area contributed by atoms with Crippen LogP contribution in [0, 0.1) is 0 Å². The van der Waals surface area contributed by atoms with Crippen LogP contribution in [0.5, 0.6) is 11.5 Å². The Morgan fingerprint density at radius 1 is 1.14 bits per heavy atom. The molecule has 0 aliphatic rings. The second-order valence-corrected chi connectivity index (χ2v) is 8.64. The Morgan fingerprint density at radius 3 is 2.48 bits per heavy atom. The zero-order valence-electron chi connectivity index (χ0n) is 16.4. The standard InChI is InChI=1S/C20H25ClN2O5S/c1-27-18-5-3-6-19(15-18)28-14-12-22-20(24)7-4-13-23(29(2,25)26)17-10-8-16(21)9-11-17/h3,5-6,8-11,15H,4,7,12-14H2,1-2H3,(H,22,24). The zero-order valence-corrected chi connectivity index (χ0v) is 18.0. The zero-order chi connectivity index (χ0) is 21.3. The van der Waals surface area contributed by atoms with Gasteiger partial charge in [-0.25, -0.2) is 8.42 Å². The maximum absolute atomic E-state index is 12.1. The molecule has 2 aromatic carbocycles. The van der Waals surface area contributed by atoms with Crippen LogP contribution in [0.1, 0.15) is 12.8 Å². The molecular formula is C20H25ClN2O5S. The van der Waals surface area contributed by atoms with E-state index < -0.39 is 10.0 Å². The Hall–Kier alpha value is -2.45. The van der Waals surface area contributed by atoms with E-state index in [1.165, 1.54) is 4.31 Å². The second-order valence-electron chi connectivity index (χ2n) is 6.29. The van der Waals surface area contributed by atoms with Crippen molar-refractivity contribution in [1.29, 1.82) is 0 Å². The molecule has 2 aromatic rings. The maximum atomic E-state index is 12.1. The van der Waals surface area contributed by atoms with Crippen LogP contribution in [-0.4, -0.2) is 47.4 Å². The van der Waals surface area contributed by atoms with Crippen molar-refractivity contribution < 1.29 is 22.7 Å². The highest BCUT2D eigenvalue weighted by Gasteiger charge is 2.17. The quantitative estimate of drug-likeness (QED) is 0.543. The number of carbonyl (C=O) groups excluding carboxylic acids is 1. The molecule has 0 saturated heterocycles. The van der Waals surface area contributed by atoms with Crippen molar-refractivity contribution in [1.82, 2.24) is 5.32 Å². The third kappa shape index (κ3) is 7.83. The summed E-state index contributed by atoms with van der Waals surface area (Å²) in [5.41, 5.74) is 0.518. The van der Waals surface area contributed by atoms with Crippen LogP contribution in [0.3, 0.4) is 0 Å². The summed E-state index contributed by atoms with van der Waals surface area (Å²) in [6, 6.07) is 13.7. The molecule has 7 nitrogen and oxygen atoms in total. The van der Waals surface area contributed by atoms with Crippen LogP contribution in [0.2, 0.25) is 5.02 Å². The molecule has 0 aromatic heterocycles. The van der Waals surface area contributed by atoms with E-state index in [1.807, 2.05) is 12.1 Å². The molecule has 0 heterocycles. The van der Waals surface area contributed by atoms with E-state index in [-0.39, 0.29) is 18.9 Å². The molecule has 29 heavy (non-hydrogen) atoms. The number of sulfonamides is 1. The van der Waals surface area contributed by atoms with Crippen molar-refractivity contribution in [2.24, 2.45) is 0 Å². The number of benzene rings is 2. The van der Waals surface area contributed by atoms with Gasteiger partial charge in [-0.1, -0.05) is 17.7 Å². The normalized spacial score (nSPS) is 11.0. The van der Waals surface area contributed by atoms with Crippen LogP contribution >= 0.6 is 11.6 Å². The average molecular weight is 441 g/mol. The average Bonchev–Trinajstić information content (AvgIpc) is 2.69. The van der Waals surface area contributed by atoms with Crippen molar-refractivity contribution in [3.63, 3.8) is 0 Å². The molecule has 0 spiro atoms. The van der Waals surface area contributed by atoms with Gasteiger partial charge in [0.1, 0.15) is 18.1 Å². The molecule has 1 amide bonds. The van der Waals surface area contributed by atoms with Gasteiger partial charge in [0.2, 0.25) is 15.9 Å². The lowest BCUT2D eigenvalue weighted by atomic mass is 10.2. The van der Waals surface area contributed by atoms with Crippen LogP contribution in [-0.2, 0) is 14.8 Å². The van der Waals surface area contributed by atoms with Crippen molar-refractivity contribution >= 4 is 33.2 Å². The minimum atomic E-state index is -3.46. The minimum Gasteiger partial charge on any atom is -0.497 e. The van der Waals surface area contributed by atoms with Crippen molar-refractivity contribution in [2.75, 3.05) is 37.4 Å². The first-order valence-electron chi connectivity index (χ1n) is 9.06. The number of amides is 1. The van der Waals surface area contributed by atoms with Gasteiger partial charge in [0.15, 0.2) is 0 Å². The first-order chi connectivity index (χ1) is 13.8. The van der Waals surface area contributed by atoms with E-state index >= 15 is 0 Å². The minimum absolute atomic E-state index is 0.163. The molecule has 0 aliphatic carbocycles. The molecule has 0 saturated carbocycles. The van der Waals surface area contributed by atoms with E-state index in [4.69, 9.17) is 21.1 Å². The number of hydrogen-bond donors (Lipinski definition) is 1. The highest BCUT2D eigenvalue weighted by molar-refractivity contribution is 7.92. The SMILES string of the molecule is COc1cccc(OCCNC(=O)CCCN(c2ccc(Cl)cc2)S(C)(=O)=O)c1. The number of hydrogen-bond acceptors (Lipinski definition) is 5. The molecule has 1 N–H and O–H groups in total. The summed E-state index contributed by atoms with van der Waals surface area (Å²) in [4.78, 5) is 12.0. The fraction of sp³-hybridized carbons (Fsp3) is 0.350. The van der Waals surface area contributed by atoms with Crippen LogP contribution in [0.4, 0.5) is 5.69 Å². The van der Waals surface area contributed by atoms with E-state index in [9.17, 15) is 13.2 Å². The van der Waals surface area contributed by atoms with Crippen LogP contribution in [0.25, 0.3) is 0 Å². The third-order valence-corrected chi connectivity index (χ3v) is 5.46. The van der Waals surface area contributed by atoms with Gasteiger partial charge in [0.05, 0.1) is 25.6 Å². The monoisotopic (exact) mass is 440 g/mol. The predicted molar refractivity (Wildman–Crippen MR) is 114 cm³/mol. The summed E-state index contributed by atoms with van der Waals surface area (Å²) < 4.78 is 36.1. The number of nitrogens with zero attached hydrogens (tertiary/aromatic N) is 1. The fourth-order valence-electron chi connectivity index (χ4n) is 2.62. The molecule has 0 unspecified atom stereocenters. The van der Waals surface area contributed by atoms with Gasteiger partial charge < -0.3 is 14.8 Å². The molecule has 0 radical (unpaired) electrons. The topological polar surface area (TPSA) is 84.9 Å². The van der Waals surface area contributed by atoms with Crippen LogP contribution in [0.15, 0.2) is 48.5 Å². The van der Waals surface area contributed by atoms with Gasteiger partial charge >= 0.3 is 0 Å². The van der Waals surface area contributed by atoms with Gasteiger partial charge in [-0.2, -0.15) is 0 Å². The Bertz CT molecular complexity index is 903. The van der Waals surface area contributed by atoms with Gasteiger partial charge in [0, 0.05) is 24.1 Å². The van der Waals surface area contributed by atoms with Gasteiger partial charge in [-0.3, -0.25) is 9.10 Å². The molecule has 0 aliphatic heterocycles. The van der Waals surface area contributed by atoms with Gasteiger partial charge in [-0.05, 0) is 42.8 Å². The molecule has 0 bridgehead atoms. The van der Waals surface area contributed by atoms with Gasteiger partial charge in [0.25, 0.3) is 0 Å². The summed E-state index contributed by atoms with van der Waals surface area (Å²) in [7, 11) is -1.88. The first-order valence-corrected chi connectivity index (χ1v) is 11.3. The fourth-order valence-corrected chi connectivity index (χ4v) is 3.71. The van der Waals surface area contributed by atoms with E-state index in [1.54, 1.807) is 43.5 Å². The summed E-state index contributed by atoms with van der Waals surface area (Å²) in [5, 5.41) is 3.29. The third-order valence-electron chi connectivity index (χ3n) is 4.01. The molecule has 158 valence electrons. The number of ether oxygens (including phenoxy) is 2. The largest absolute Gasteiger partial charge is 0.497 e. The number of halogens is 1. The number of anilines is 1. The number of carbonyl (C=O) groups is 1. The number of rotatable bonds is 11. The number of methoxy groups -OCH3 is 1. The van der Waals surface area contributed by atoms with Crippen molar-refractivity contribution in [3.8, 4) is 11.5 Å². The molecule has 9 heteroatoms. The summed E-state index contributed by atoms with van der Waals surface area (Å²) in [6.07, 6.45) is 1.73. The van der Waals surface area contributed by atoms with Crippen LogP contribution < -0.4 is 19.1 Å². The predicted octanol–water partition coefficient (Wildman–Crippen LogP) is 3.09. The maximum Gasteiger partial charge on any atom is 0.232 e. The smallest absolute Gasteiger partial charge is 0.232 e. The summed E-state index contributed by atoms with van der Waals surface area (Å²) in [6.45, 7) is 0.871. The summed E-state index contributed by atoms with van der Waals surface area (Å²) in [5.74, 6) is 1.19. The first kappa shape index (κ1) is 22.8. The molecule has 2 rings (SSSR count). The Morgan fingerprint density at radius 2 is 1.83 bits per heavy atom.